The van der Waals surface area contributed by atoms with Crippen molar-refractivity contribution in [3.63, 3.8) is 0 Å². The van der Waals surface area contributed by atoms with Crippen LogP contribution in [-0.2, 0) is 13.0 Å². The Bertz CT molecular complexity index is 584. The van der Waals surface area contributed by atoms with Gasteiger partial charge in [0.05, 0.1) is 17.8 Å². The molecule has 0 aliphatic heterocycles. The summed E-state index contributed by atoms with van der Waals surface area (Å²) in [5, 5.41) is 12.8. The van der Waals surface area contributed by atoms with Crippen molar-refractivity contribution in [3.8, 4) is 6.07 Å². The first-order valence-electron chi connectivity index (χ1n) is 5.74. The Balaban J connectivity index is 2.10. The monoisotopic (exact) mass is 260 g/mol. The molecule has 0 saturated heterocycles. The van der Waals surface area contributed by atoms with Crippen molar-refractivity contribution in [1.29, 1.82) is 5.26 Å². The molecule has 1 aromatic carbocycles. The van der Waals surface area contributed by atoms with Crippen molar-refractivity contribution >= 4 is 17.3 Å². The van der Waals surface area contributed by atoms with E-state index >= 15 is 0 Å². The lowest BCUT2D eigenvalue weighted by molar-refractivity contribution is 0.476. The van der Waals surface area contributed by atoms with Crippen LogP contribution in [0.4, 0.5) is 5.69 Å². The number of nitrogens with zero attached hydrogens (tertiary/aromatic N) is 1. The van der Waals surface area contributed by atoms with Gasteiger partial charge >= 0.3 is 0 Å². The topological polar surface area (TPSA) is 49.0 Å². The van der Waals surface area contributed by atoms with Gasteiger partial charge in [-0.05, 0) is 30.3 Å². The maximum atomic E-state index is 8.99. The van der Waals surface area contributed by atoms with Gasteiger partial charge in [-0.2, -0.15) is 5.26 Å². The van der Waals surface area contributed by atoms with Crippen molar-refractivity contribution in [1.82, 2.24) is 0 Å². The van der Waals surface area contributed by atoms with Crippen LogP contribution in [0.3, 0.4) is 0 Å². The minimum absolute atomic E-state index is 0.537. The standard InChI is InChI=1S/C14H13ClN2O/c1-2-12-5-6-13(18-12)9-17-14-7-11(15)4-3-10(14)8-16/h3-7,17H,2,9H2,1H3. The fourth-order valence-corrected chi connectivity index (χ4v) is 1.82. The SMILES string of the molecule is CCc1ccc(CNc2cc(Cl)ccc2C#N)o1. The first kappa shape index (κ1) is 12.5. The molecule has 0 aliphatic rings. The van der Waals surface area contributed by atoms with Gasteiger partial charge in [-0.1, -0.05) is 18.5 Å². The summed E-state index contributed by atoms with van der Waals surface area (Å²) >= 11 is 5.91. The molecule has 1 heterocycles. The Morgan fingerprint density at radius 3 is 2.72 bits per heavy atom. The maximum Gasteiger partial charge on any atom is 0.123 e. The summed E-state index contributed by atoms with van der Waals surface area (Å²) in [6.45, 7) is 2.58. The first-order chi connectivity index (χ1) is 8.72. The molecule has 3 nitrogen and oxygen atoms in total. The number of hydrogen-bond donors (Lipinski definition) is 1. The van der Waals surface area contributed by atoms with Crippen LogP contribution in [0.5, 0.6) is 0 Å². The van der Waals surface area contributed by atoms with Gasteiger partial charge in [0.25, 0.3) is 0 Å². The van der Waals surface area contributed by atoms with Crippen LogP contribution in [0, 0.1) is 11.3 Å². The fraction of sp³-hybridized carbons (Fsp3) is 0.214. The average molecular weight is 261 g/mol. The van der Waals surface area contributed by atoms with Crippen molar-refractivity contribution in [3.05, 3.63) is 52.4 Å². The number of furan rings is 1. The van der Waals surface area contributed by atoms with Gasteiger partial charge in [-0.25, -0.2) is 0 Å². The molecular formula is C14H13ClN2O. The molecule has 0 bridgehead atoms. The number of aryl methyl sites for hydroxylation is 1. The molecule has 0 aliphatic carbocycles. The summed E-state index contributed by atoms with van der Waals surface area (Å²) < 4.78 is 5.58. The van der Waals surface area contributed by atoms with Crippen LogP contribution in [0.2, 0.25) is 5.02 Å². The lowest BCUT2D eigenvalue weighted by atomic mass is 10.2. The Labute approximate surface area is 111 Å². The molecule has 0 fully saturated rings. The third-order valence-electron chi connectivity index (χ3n) is 2.62. The van der Waals surface area contributed by atoms with Gasteiger partial charge in [0.2, 0.25) is 0 Å². The third kappa shape index (κ3) is 2.85. The highest BCUT2D eigenvalue weighted by molar-refractivity contribution is 6.30. The summed E-state index contributed by atoms with van der Waals surface area (Å²) in [6, 6.07) is 11.2. The number of nitriles is 1. The lowest BCUT2D eigenvalue weighted by Gasteiger charge is -2.06. The Kier molecular flexibility index (Phi) is 3.91. The second kappa shape index (κ2) is 5.61. The second-order valence-corrected chi connectivity index (χ2v) is 4.31. The highest BCUT2D eigenvalue weighted by Crippen LogP contribution is 2.21. The molecule has 0 saturated carbocycles. The first-order valence-corrected chi connectivity index (χ1v) is 6.12. The molecular weight excluding hydrogens is 248 g/mol. The molecule has 2 rings (SSSR count). The zero-order chi connectivity index (χ0) is 13.0. The van der Waals surface area contributed by atoms with Crippen LogP contribution < -0.4 is 5.32 Å². The van der Waals surface area contributed by atoms with E-state index in [9.17, 15) is 0 Å². The minimum atomic E-state index is 0.537. The Hall–Kier alpha value is -1.92. The number of halogens is 1. The minimum Gasteiger partial charge on any atom is -0.464 e. The molecule has 92 valence electrons. The fourth-order valence-electron chi connectivity index (χ4n) is 1.65. The number of hydrogen-bond acceptors (Lipinski definition) is 3. The van der Waals surface area contributed by atoms with Gasteiger partial charge in [0.15, 0.2) is 0 Å². The number of nitrogens with one attached hydrogen (secondary N) is 1. The van der Waals surface area contributed by atoms with Crippen LogP contribution in [0.25, 0.3) is 0 Å². The molecule has 0 unspecified atom stereocenters. The number of anilines is 1. The molecule has 4 heteroatoms. The molecule has 0 radical (unpaired) electrons. The highest BCUT2D eigenvalue weighted by Gasteiger charge is 2.04. The van der Waals surface area contributed by atoms with Crippen LogP contribution in [-0.4, -0.2) is 0 Å². The zero-order valence-corrected chi connectivity index (χ0v) is 10.8. The molecule has 0 amide bonds. The third-order valence-corrected chi connectivity index (χ3v) is 2.86. The normalized spacial score (nSPS) is 10.1. The lowest BCUT2D eigenvalue weighted by Crippen LogP contribution is -2.00. The predicted molar refractivity (Wildman–Crippen MR) is 71.6 cm³/mol. The predicted octanol–water partition coefficient (Wildman–Crippen LogP) is 3.98. The van der Waals surface area contributed by atoms with Crippen molar-refractivity contribution in [2.75, 3.05) is 5.32 Å². The van der Waals surface area contributed by atoms with Crippen LogP contribution >= 0.6 is 11.6 Å². The van der Waals surface area contributed by atoms with E-state index in [4.69, 9.17) is 21.3 Å². The second-order valence-electron chi connectivity index (χ2n) is 3.88. The Morgan fingerprint density at radius 1 is 1.28 bits per heavy atom. The molecule has 0 spiro atoms. The smallest absolute Gasteiger partial charge is 0.123 e. The summed E-state index contributed by atoms with van der Waals surface area (Å²) in [5.41, 5.74) is 1.29. The Morgan fingerprint density at radius 2 is 2.06 bits per heavy atom. The van der Waals surface area contributed by atoms with E-state index in [2.05, 4.69) is 11.4 Å². The van der Waals surface area contributed by atoms with E-state index in [1.807, 2.05) is 19.1 Å². The van der Waals surface area contributed by atoms with E-state index in [0.717, 1.165) is 23.6 Å². The van der Waals surface area contributed by atoms with E-state index in [0.29, 0.717) is 17.1 Å². The molecule has 2 aromatic rings. The number of benzene rings is 1. The maximum absolute atomic E-state index is 8.99. The van der Waals surface area contributed by atoms with Gasteiger partial charge < -0.3 is 9.73 Å². The zero-order valence-electron chi connectivity index (χ0n) is 10.0. The summed E-state index contributed by atoms with van der Waals surface area (Å²) in [5.74, 6) is 1.80. The van der Waals surface area contributed by atoms with E-state index in [1.165, 1.54) is 0 Å². The average Bonchev–Trinajstić information content (AvgIpc) is 2.84. The van der Waals surface area contributed by atoms with Crippen molar-refractivity contribution < 1.29 is 4.42 Å². The van der Waals surface area contributed by atoms with Crippen LogP contribution in [0.15, 0.2) is 34.7 Å². The molecule has 1 N–H and O–H groups in total. The van der Waals surface area contributed by atoms with Crippen LogP contribution in [0.1, 0.15) is 24.0 Å². The van der Waals surface area contributed by atoms with Crippen molar-refractivity contribution in [2.45, 2.75) is 19.9 Å². The summed E-state index contributed by atoms with van der Waals surface area (Å²) in [7, 11) is 0. The summed E-state index contributed by atoms with van der Waals surface area (Å²) in [6.07, 6.45) is 0.876. The van der Waals surface area contributed by atoms with Crippen molar-refractivity contribution in [2.24, 2.45) is 0 Å². The number of rotatable bonds is 4. The molecule has 18 heavy (non-hydrogen) atoms. The largest absolute Gasteiger partial charge is 0.464 e. The van der Waals surface area contributed by atoms with E-state index in [-0.39, 0.29) is 0 Å². The highest BCUT2D eigenvalue weighted by atomic mass is 35.5. The van der Waals surface area contributed by atoms with Gasteiger partial charge in [-0.3, -0.25) is 0 Å². The van der Waals surface area contributed by atoms with Gasteiger partial charge in [0.1, 0.15) is 17.6 Å². The quantitative estimate of drug-likeness (QED) is 0.905. The van der Waals surface area contributed by atoms with E-state index in [1.54, 1.807) is 18.2 Å². The van der Waals surface area contributed by atoms with Gasteiger partial charge in [-0.15, -0.1) is 0 Å². The molecule has 0 atom stereocenters. The van der Waals surface area contributed by atoms with E-state index < -0.39 is 0 Å². The summed E-state index contributed by atoms with van der Waals surface area (Å²) in [4.78, 5) is 0. The van der Waals surface area contributed by atoms with Gasteiger partial charge in [0, 0.05) is 11.4 Å². The molecule has 1 aromatic heterocycles.